The van der Waals surface area contributed by atoms with Crippen LogP contribution in [0.5, 0.6) is 5.75 Å². The molecule has 3 N–H and O–H groups in total. The van der Waals surface area contributed by atoms with E-state index < -0.39 is 17.9 Å². The topological polar surface area (TPSA) is 96.5 Å². The number of carbonyl (C=O) groups excluding carboxylic acids is 3. The van der Waals surface area contributed by atoms with Crippen molar-refractivity contribution >= 4 is 50.9 Å². The quantitative estimate of drug-likeness (QED) is 0.395. The summed E-state index contributed by atoms with van der Waals surface area (Å²) in [6.45, 7) is 3.46. The van der Waals surface area contributed by atoms with Crippen molar-refractivity contribution in [2.75, 3.05) is 5.32 Å². The van der Waals surface area contributed by atoms with Crippen molar-refractivity contribution in [1.29, 1.82) is 0 Å². The van der Waals surface area contributed by atoms with Crippen LogP contribution in [0.2, 0.25) is 5.02 Å². The number of rotatable bonds is 6. The maximum atomic E-state index is 12.3. The van der Waals surface area contributed by atoms with Crippen LogP contribution in [0.4, 0.5) is 5.69 Å². The highest BCUT2D eigenvalue weighted by Crippen LogP contribution is 2.28. The number of carbonyl (C=O) groups is 3. The van der Waals surface area contributed by atoms with Crippen LogP contribution in [0, 0.1) is 6.92 Å². The predicted molar refractivity (Wildman–Crippen MR) is 130 cm³/mol. The first-order chi connectivity index (χ1) is 15.7. The standard InChI is InChI=1S/C24H21BrClN3O4/c1-14-4-3-5-17(12-14)23(31)27-19-9-6-16(7-10-19)24(32)29-28-22(30)15(2)33-21-11-8-18(26)13-20(21)25/h3-13,15H,1-2H3,(H,27,31)(H,28,30)(H,29,32). The van der Waals surface area contributed by atoms with Crippen LogP contribution in [0.3, 0.4) is 0 Å². The highest BCUT2D eigenvalue weighted by Gasteiger charge is 2.17. The van der Waals surface area contributed by atoms with Crippen molar-refractivity contribution in [1.82, 2.24) is 10.9 Å². The van der Waals surface area contributed by atoms with E-state index in [-0.39, 0.29) is 5.91 Å². The van der Waals surface area contributed by atoms with Crippen LogP contribution >= 0.6 is 27.5 Å². The molecule has 0 aromatic heterocycles. The number of nitrogens with one attached hydrogen (secondary N) is 3. The van der Waals surface area contributed by atoms with Gasteiger partial charge in [-0.25, -0.2) is 0 Å². The molecular weight excluding hydrogens is 510 g/mol. The van der Waals surface area contributed by atoms with Gasteiger partial charge in [0.05, 0.1) is 4.47 Å². The molecule has 0 radical (unpaired) electrons. The number of hydrogen-bond acceptors (Lipinski definition) is 4. The second-order valence-corrected chi connectivity index (χ2v) is 8.47. The van der Waals surface area contributed by atoms with Crippen molar-refractivity contribution in [2.45, 2.75) is 20.0 Å². The van der Waals surface area contributed by atoms with Gasteiger partial charge < -0.3 is 10.1 Å². The summed E-state index contributed by atoms with van der Waals surface area (Å²) >= 11 is 9.21. The summed E-state index contributed by atoms with van der Waals surface area (Å²) in [5.41, 5.74) is 7.04. The molecule has 0 aliphatic heterocycles. The highest BCUT2D eigenvalue weighted by molar-refractivity contribution is 9.10. The molecule has 170 valence electrons. The van der Waals surface area contributed by atoms with Gasteiger partial charge in [0.2, 0.25) is 0 Å². The molecule has 0 saturated heterocycles. The number of amides is 3. The molecule has 3 amide bonds. The maximum Gasteiger partial charge on any atom is 0.279 e. The normalized spacial score (nSPS) is 11.3. The molecule has 0 fully saturated rings. The molecule has 1 unspecified atom stereocenters. The molecule has 9 heteroatoms. The highest BCUT2D eigenvalue weighted by atomic mass is 79.9. The summed E-state index contributed by atoms with van der Waals surface area (Å²) in [6.07, 6.45) is -0.873. The Bertz CT molecular complexity index is 1180. The number of aryl methyl sites for hydroxylation is 1. The predicted octanol–water partition coefficient (Wildman–Crippen LogP) is 4.89. The van der Waals surface area contributed by atoms with Crippen molar-refractivity contribution in [3.8, 4) is 5.75 Å². The van der Waals surface area contributed by atoms with Crippen molar-refractivity contribution in [3.63, 3.8) is 0 Å². The Morgan fingerprint density at radius 1 is 0.909 bits per heavy atom. The minimum Gasteiger partial charge on any atom is -0.480 e. The summed E-state index contributed by atoms with van der Waals surface area (Å²) in [7, 11) is 0. The fourth-order valence-corrected chi connectivity index (χ4v) is 3.58. The van der Waals surface area contributed by atoms with Crippen LogP contribution in [-0.4, -0.2) is 23.8 Å². The molecular formula is C24H21BrClN3O4. The molecule has 0 aliphatic rings. The number of halogens is 2. The Morgan fingerprint density at radius 2 is 1.64 bits per heavy atom. The zero-order chi connectivity index (χ0) is 24.0. The molecule has 0 bridgehead atoms. The molecule has 0 saturated carbocycles. The van der Waals surface area contributed by atoms with Gasteiger partial charge in [0, 0.05) is 21.8 Å². The fraction of sp³-hybridized carbons (Fsp3) is 0.125. The molecule has 3 aromatic carbocycles. The first-order valence-electron chi connectivity index (χ1n) is 9.93. The Labute approximate surface area is 204 Å². The van der Waals surface area contributed by atoms with E-state index in [9.17, 15) is 14.4 Å². The van der Waals surface area contributed by atoms with Gasteiger partial charge in [0.1, 0.15) is 5.75 Å². The summed E-state index contributed by atoms with van der Waals surface area (Å²) in [6, 6.07) is 18.4. The van der Waals surface area contributed by atoms with Gasteiger partial charge in [-0.1, -0.05) is 29.3 Å². The van der Waals surface area contributed by atoms with Gasteiger partial charge in [-0.05, 0) is 84.4 Å². The number of ether oxygens (including phenoxy) is 1. The van der Waals surface area contributed by atoms with E-state index in [1.54, 1.807) is 49.4 Å². The smallest absolute Gasteiger partial charge is 0.279 e. The van der Waals surface area contributed by atoms with Gasteiger partial charge in [0.15, 0.2) is 6.10 Å². The van der Waals surface area contributed by atoms with Gasteiger partial charge in [-0.2, -0.15) is 0 Å². The molecule has 1 atom stereocenters. The Kier molecular flexibility index (Phi) is 8.08. The summed E-state index contributed by atoms with van der Waals surface area (Å²) in [4.78, 5) is 36.9. The van der Waals surface area contributed by atoms with E-state index >= 15 is 0 Å². The SMILES string of the molecule is Cc1cccc(C(=O)Nc2ccc(C(=O)NNC(=O)C(C)Oc3ccc(Cl)cc3Br)cc2)c1. The lowest BCUT2D eigenvalue weighted by Crippen LogP contribution is -2.47. The average molecular weight is 531 g/mol. The van der Waals surface area contributed by atoms with E-state index in [4.69, 9.17) is 16.3 Å². The zero-order valence-electron chi connectivity index (χ0n) is 17.8. The third-order valence-corrected chi connectivity index (χ3v) is 5.41. The third-order valence-electron chi connectivity index (χ3n) is 4.55. The zero-order valence-corrected chi connectivity index (χ0v) is 20.2. The van der Waals surface area contributed by atoms with Gasteiger partial charge >= 0.3 is 0 Å². The average Bonchev–Trinajstić information content (AvgIpc) is 2.79. The van der Waals surface area contributed by atoms with Crippen LogP contribution in [-0.2, 0) is 4.79 Å². The van der Waals surface area contributed by atoms with Crippen molar-refractivity contribution in [3.05, 3.63) is 92.9 Å². The number of hydrogen-bond donors (Lipinski definition) is 3. The van der Waals surface area contributed by atoms with Crippen LogP contribution in [0.15, 0.2) is 71.2 Å². The lowest BCUT2D eigenvalue weighted by atomic mass is 10.1. The van der Waals surface area contributed by atoms with Crippen molar-refractivity contribution in [2.24, 2.45) is 0 Å². The van der Waals surface area contributed by atoms with Gasteiger partial charge in [-0.15, -0.1) is 0 Å². The van der Waals surface area contributed by atoms with Crippen LogP contribution in [0.1, 0.15) is 33.2 Å². The van der Waals surface area contributed by atoms with E-state index in [0.717, 1.165) is 5.56 Å². The first kappa shape index (κ1) is 24.3. The molecule has 3 aromatic rings. The van der Waals surface area contributed by atoms with E-state index in [1.807, 2.05) is 19.1 Å². The summed E-state index contributed by atoms with van der Waals surface area (Å²) in [5, 5.41) is 3.31. The molecule has 33 heavy (non-hydrogen) atoms. The monoisotopic (exact) mass is 529 g/mol. The fourth-order valence-electron chi connectivity index (χ4n) is 2.80. The Hall–Kier alpha value is -3.36. The molecule has 0 spiro atoms. The largest absolute Gasteiger partial charge is 0.480 e. The minimum atomic E-state index is -0.873. The number of anilines is 1. The van der Waals surface area contributed by atoms with Crippen molar-refractivity contribution < 1.29 is 19.1 Å². The lowest BCUT2D eigenvalue weighted by Gasteiger charge is -2.16. The van der Waals surface area contributed by atoms with E-state index in [2.05, 4.69) is 32.1 Å². The third kappa shape index (κ3) is 6.81. The van der Waals surface area contributed by atoms with Gasteiger partial charge in [-0.3, -0.25) is 25.2 Å². The van der Waals surface area contributed by atoms with E-state index in [0.29, 0.717) is 32.1 Å². The molecule has 0 aliphatic carbocycles. The maximum absolute atomic E-state index is 12.3. The number of benzene rings is 3. The Morgan fingerprint density at radius 3 is 2.30 bits per heavy atom. The van der Waals surface area contributed by atoms with Crippen LogP contribution in [0.25, 0.3) is 0 Å². The Balaban J connectivity index is 1.51. The lowest BCUT2D eigenvalue weighted by molar-refractivity contribution is -0.128. The van der Waals surface area contributed by atoms with Gasteiger partial charge in [0.25, 0.3) is 17.7 Å². The second-order valence-electron chi connectivity index (χ2n) is 7.18. The first-order valence-corrected chi connectivity index (χ1v) is 11.1. The molecule has 7 nitrogen and oxygen atoms in total. The van der Waals surface area contributed by atoms with Crippen LogP contribution < -0.4 is 20.9 Å². The van der Waals surface area contributed by atoms with E-state index in [1.165, 1.54) is 12.1 Å². The minimum absolute atomic E-state index is 0.246. The number of hydrazine groups is 1. The summed E-state index contributed by atoms with van der Waals surface area (Å²) in [5.74, 6) is -0.854. The molecule has 0 heterocycles. The second kappa shape index (κ2) is 11.0. The molecule has 3 rings (SSSR count). The summed E-state index contributed by atoms with van der Waals surface area (Å²) < 4.78 is 6.19.